The van der Waals surface area contributed by atoms with E-state index in [1.54, 1.807) is 18.2 Å². The maximum Gasteiger partial charge on any atom is 0.175 e. The molecule has 4 nitrogen and oxygen atoms in total. The predicted molar refractivity (Wildman–Crippen MR) is 78.4 cm³/mol. The Bertz CT molecular complexity index is 916. The monoisotopic (exact) mass is 304 g/mol. The maximum atomic E-state index is 13.2. The maximum absolute atomic E-state index is 13.2. The Morgan fingerprint density at radius 2 is 2.00 bits per heavy atom. The largest absolute Gasteiger partial charge is 0.342 e. The van der Waals surface area contributed by atoms with Crippen LogP contribution in [0.2, 0.25) is 0 Å². The molecule has 0 radical (unpaired) electrons. The molecule has 21 heavy (non-hydrogen) atoms. The molecular formula is C15H13FN2O2S. The van der Waals surface area contributed by atoms with Gasteiger partial charge in [-0.1, -0.05) is 12.1 Å². The summed E-state index contributed by atoms with van der Waals surface area (Å²) in [6, 6.07) is 11.1. The van der Waals surface area contributed by atoms with Crippen LogP contribution < -0.4 is 0 Å². The van der Waals surface area contributed by atoms with E-state index in [1.807, 2.05) is 6.07 Å². The average molecular weight is 304 g/mol. The molecule has 0 aliphatic heterocycles. The van der Waals surface area contributed by atoms with Gasteiger partial charge < -0.3 is 4.98 Å². The molecule has 0 fully saturated rings. The van der Waals surface area contributed by atoms with Crippen molar-refractivity contribution < 1.29 is 12.8 Å². The zero-order valence-electron chi connectivity index (χ0n) is 11.3. The number of nitrogens with one attached hydrogen (secondary N) is 1. The minimum absolute atomic E-state index is 0.246. The highest BCUT2D eigenvalue weighted by Crippen LogP contribution is 2.18. The van der Waals surface area contributed by atoms with Gasteiger partial charge in [-0.3, -0.25) is 0 Å². The van der Waals surface area contributed by atoms with E-state index in [4.69, 9.17) is 0 Å². The number of nitrogens with zero attached hydrogens (tertiary/aromatic N) is 1. The van der Waals surface area contributed by atoms with Gasteiger partial charge in [0, 0.05) is 12.7 Å². The second-order valence-electron chi connectivity index (χ2n) is 4.94. The Kier molecular flexibility index (Phi) is 3.25. The van der Waals surface area contributed by atoms with Crippen LogP contribution in [0, 0.1) is 5.82 Å². The molecule has 0 saturated heterocycles. The Hall–Kier alpha value is -2.21. The molecule has 0 aliphatic carbocycles. The summed E-state index contributed by atoms with van der Waals surface area (Å²) >= 11 is 0. The van der Waals surface area contributed by atoms with Crippen LogP contribution in [0.25, 0.3) is 11.0 Å². The fraction of sp³-hybridized carbons (Fsp3) is 0.133. The molecule has 1 heterocycles. The number of H-pyrrole nitrogens is 1. The quantitative estimate of drug-likeness (QED) is 0.809. The third-order valence-corrected chi connectivity index (χ3v) is 4.30. The van der Waals surface area contributed by atoms with Gasteiger partial charge in [0.15, 0.2) is 9.84 Å². The molecular weight excluding hydrogens is 291 g/mol. The molecule has 0 aliphatic rings. The normalized spacial score (nSPS) is 11.9. The number of fused-ring (bicyclic) bond motifs is 1. The molecule has 0 spiro atoms. The molecule has 2 aromatic carbocycles. The van der Waals surface area contributed by atoms with Gasteiger partial charge in [0.05, 0.1) is 15.9 Å². The van der Waals surface area contributed by atoms with Crippen LogP contribution in [0.1, 0.15) is 11.4 Å². The van der Waals surface area contributed by atoms with Gasteiger partial charge in [0.1, 0.15) is 11.6 Å². The van der Waals surface area contributed by atoms with Gasteiger partial charge in [-0.2, -0.15) is 0 Å². The third kappa shape index (κ3) is 2.95. The predicted octanol–water partition coefficient (Wildman–Crippen LogP) is 2.70. The molecule has 6 heteroatoms. The second-order valence-corrected chi connectivity index (χ2v) is 6.96. The van der Waals surface area contributed by atoms with Crippen LogP contribution >= 0.6 is 0 Å². The van der Waals surface area contributed by atoms with Gasteiger partial charge >= 0.3 is 0 Å². The first-order valence-electron chi connectivity index (χ1n) is 6.35. The molecule has 0 saturated carbocycles. The molecule has 0 bridgehead atoms. The molecule has 3 rings (SSSR count). The molecule has 0 atom stereocenters. The lowest BCUT2D eigenvalue weighted by Gasteiger charge is -1.97. The Morgan fingerprint density at radius 3 is 2.71 bits per heavy atom. The van der Waals surface area contributed by atoms with Gasteiger partial charge in [-0.05, 0) is 35.9 Å². The summed E-state index contributed by atoms with van der Waals surface area (Å²) in [7, 11) is -3.25. The Balaban J connectivity index is 1.98. The van der Waals surface area contributed by atoms with Crippen molar-refractivity contribution in [2.45, 2.75) is 11.3 Å². The van der Waals surface area contributed by atoms with Gasteiger partial charge in [0.2, 0.25) is 0 Å². The van der Waals surface area contributed by atoms with Gasteiger partial charge in [-0.25, -0.2) is 17.8 Å². The molecule has 0 unspecified atom stereocenters. The van der Waals surface area contributed by atoms with Crippen LogP contribution in [0.4, 0.5) is 4.39 Å². The van der Waals surface area contributed by atoms with Crippen molar-refractivity contribution >= 4 is 20.9 Å². The lowest BCUT2D eigenvalue weighted by atomic mass is 10.1. The van der Waals surface area contributed by atoms with Crippen molar-refractivity contribution in [1.82, 2.24) is 9.97 Å². The van der Waals surface area contributed by atoms with Crippen LogP contribution in [0.5, 0.6) is 0 Å². The van der Waals surface area contributed by atoms with E-state index in [2.05, 4.69) is 9.97 Å². The number of hydrogen-bond donors (Lipinski definition) is 1. The first-order chi connectivity index (χ1) is 9.91. The number of imidazole rings is 1. The van der Waals surface area contributed by atoms with Crippen molar-refractivity contribution in [3.63, 3.8) is 0 Å². The molecule has 1 aromatic heterocycles. The van der Waals surface area contributed by atoms with E-state index >= 15 is 0 Å². The standard InChI is InChI=1S/C15H13FN2O2S/c1-21(19,20)12-5-6-13-14(9-12)18-15(17-13)8-10-3-2-4-11(16)7-10/h2-7,9H,8H2,1H3,(H,17,18). The highest BCUT2D eigenvalue weighted by molar-refractivity contribution is 7.90. The smallest absolute Gasteiger partial charge is 0.175 e. The number of hydrogen-bond acceptors (Lipinski definition) is 3. The molecule has 0 amide bonds. The first kappa shape index (κ1) is 13.8. The molecule has 1 N–H and O–H groups in total. The second kappa shape index (κ2) is 4.96. The highest BCUT2D eigenvalue weighted by Gasteiger charge is 2.10. The minimum Gasteiger partial charge on any atom is -0.342 e. The number of aromatic amines is 1. The third-order valence-electron chi connectivity index (χ3n) is 3.19. The summed E-state index contributed by atoms with van der Waals surface area (Å²) in [6.45, 7) is 0. The topological polar surface area (TPSA) is 62.8 Å². The number of halogens is 1. The van der Waals surface area contributed by atoms with E-state index in [0.717, 1.165) is 11.8 Å². The van der Waals surface area contributed by atoms with E-state index < -0.39 is 9.84 Å². The van der Waals surface area contributed by atoms with Crippen LogP contribution in [-0.4, -0.2) is 24.6 Å². The number of rotatable bonds is 3. The summed E-state index contributed by atoms with van der Waals surface area (Å²) in [5, 5.41) is 0. The zero-order chi connectivity index (χ0) is 15.0. The van der Waals surface area contributed by atoms with E-state index in [1.165, 1.54) is 18.2 Å². The number of aromatic nitrogens is 2. The van der Waals surface area contributed by atoms with Crippen molar-refractivity contribution in [2.75, 3.05) is 6.26 Å². The van der Waals surface area contributed by atoms with Crippen molar-refractivity contribution in [1.29, 1.82) is 0 Å². The van der Waals surface area contributed by atoms with Crippen molar-refractivity contribution in [3.8, 4) is 0 Å². The highest BCUT2D eigenvalue weighted by atomic mass is 32.2. The fourth-order valence-corrected chi connectivity index (χ4v) is 2.84. The minimum atomic E-state index is -3.25. The lowest BCUT2D eigenvalue weighted by molar-refractivity contribution is 0.602. The van der Waals surface area contributed by atoms with Crippen LogP contribution in [0.15, 0.2) is 47.4 Å². The fourth-order valence-electron chi connectivity index (χ4n) is 2.20. The van der Waals surface area contributed by atoms with Gasteiger partial charge in [-0.15, -0.1) is 0 Å². The number of sulfone groups is 1. The van der Waals surface area contributed by atoms with Crippen LogP contribution in [0.3, 0.4) is 0 Å². The summed E-state index contributed by atoms with van der Waals surface area (Å²) in [4.78, 5) is 7.71. The van der Waals surface area contributed by atoms with E-state index in [0.29, 0.717) is 23.3 Å². The number of benzene rings is 2. The Labute approximate surface area is 121 Å². The van der Waals surface area contributed by atoms with Crippen molar-refractivity contribution in [2.24, 2.45) is 0 Å². The zero-order valence-corrected chi connectivity index (χ0v) is 12.1. The average Bonchev–Trinajstić information content (AvgIpc) is 2.78. The summed E-state index contributed by atoms with van der Waals surface area (Å²) in [5.74, 6) is 0.379. The van der Waals surface area contributed by atoms with Crippen molar-refractivity contribution in [3.05, 3.63) is 59.7 Å². The SMILES string of the molecule is CS(=O)(=O)c1ccc2nc(Cc3cccc(F)c3)[nH]c2c1. The lowest BCUT2D eigenvalue weighted by Crippen LogP contribution is -1.96. The summed E-state index contributed by atoms with van der Waals surface area (Å²) in [5.41, 5.74) is 2.15. The van der Waals surface area contributed by atoms with Crippen LogP contribution in [-0.2, 0) is 16.3 Å². The first-order valence-corrected chi connectivity index (χ1v) is 8.24. The van der Waals surface area contributed by atoms with E-state index in [-0.39, 0.29) is 10.7 Å². The summed E-state index contributed by atoms with van der Waals surface area (Å²) in [6.07, 6.45) is 1.62. The van der Waals surface area contributed by atoms with Gasteiger partial charge in [0.25, 0.3) is 0 Å². The molecule has 108 valence electrons. The Morgan fingerprint density at radius 1 is 1.19 bits per heavy atom. The van der Waals surface area contributed by atoms with E-state index in [9.17, 15) is 12.8 Å². The molecule has 3 aromatic rings. The summed E-state index contributed by atoms with van der Waals surface area (Å²) < 4.78 is 36.2.